The van der Waals surface area contributed by atoms with Gasteiger partial charge in [0, 0.05) is 30.4 Å². The predicted octanol–water partition coefficient (Wildman–Crippen LogP) is 2.24. The number of hydrogen-bond acceptors (Lipinski definition) is 5. The third-order valence-electron chi connectivity index (χ3n) is 3.73. The minimum Gasteiger partial charge on any atom is -0.326 e. The van der Waals surface area contributed by atoms with Crippen molar-refractivity contribution in [2.45, 2.75) is 18.9 Å². The molecule has 3 rings (SSSR count). The van der Waals surface area contributed by atoms with E-state index in [2.05, 4.69) is 15.9 Å². The molecule has 0 unspecified atom stereocenters. The Morgan fingerprint density at radius 2 is 1.64 bits per heavy atom. The van der Waals surface area contributed by atoms with Crippen LogP contribution in [0.4, 0.5) is 11.4 Å². The van der Waals surface area contributed by atoms with Gasteiger partial charge in [0.15, 0.2) is 0 Å². The van der Waals surface area contributed by atoms with Gasteiger partial charge in [0.1, 0.15) is 0 Å². The maximum Gasteiger partial charge on any atom is 0.442 e. The van der Waals surface area contributed by atoms with Crippen molar-refractivity contribution in [3.63, 3.8) is 0 Å². The van der Waals surface area contributed by atoms with E-state index in [1.54, 1.807) is 24.3 Å². The van der Waals surface area contributed by atoms with E-state index in [4.69, 9.17) is 4.52 Å². The number of nitrogens with one attached hydrogen (secondary N) is 3. The molecule has 0 spiro atoms. The van der Waals surface area contributed by atoms with E-state index >= 15 is 0 Å². The summed E-state index contributed by atoms with van der Waals surface area (Å²) in [6.07, 6.45) is 0. The van der Waals surface area contributed by atoms with Gasteiger partial charge in [-0.1, -0.05) is 17.7 Å². The van der Waals surface area contributed by atoms with Crippen LogP contribution in [0.5, 0.6) is 0 Å². The summed E-state index contributed by atoms with van der Waals surface area (Å²) in [7, 11) is 0. The molecule has 2 aromatic carbocycles. The van der Waals surface area contributed by atoms with E-state index in [9.17, 15) is 14.4 Å². The van der Waals surface area contributed by atoms with Crippen molar-refractivity contribution in [3.05, 3.63) is 64.5 Å². The van der Waals surface area contributed by atoms with Gasteiger partial charge in [-0.15, -0.1) is 0 Å². The molecule has 0 bridgehead atoms. The van der Waals surface area contributed by atoms with Crippen molar-refractivity contribution in [3.8, 4) is 5.69 Å². The monoisotopic (exact) mass is 399 g/mol. The van der Waals surface area contributed by atoms with Crippen LogP contribution in [-0.4, -0.2) is 22.8 Å². The first kappa shape index (κ1) is 19.4. The molecule has 8 nitrogen and oxygen atoms in total. The van der Waals surface area contributed by atoms with Crippen LogP contribution in [0.3, 0.4) is 0 Å². The topological polar surface area (TPSA) is 108 Å². The molecule has 2 amide bonds. The highest BCUT2D eigenvalue weighted by molar-refractivity contribution is 7.99. The zero-order chi connectivity index (χ0) is 20.1. The second-order valence-electron chi connectivity index (χ2n) is 6.05. The lowest BCUT2D eigenvalue weighted by molar-refractivity contribution is -0.704. The number of benzene rings is 2. The highest BCUT2D eigenvalue weighted by atomic mass is 32.2. The second-order valence-corrected chi connectivity index (χ2v) is 7.02. The molecule has 0 saturated heterocycles. The molecule has 0 saturated carbocycles. The van der Waals surface area contributed by atoms with Crippen molar-refractivity contribution in [1.82, 2.24) is 5.27 Å². The van der Waals surface area contributed by atoms with Crippen molar-refractivity contribution < 1.29 is 18.8 Å². The first-order valence-corrected chi connectivity index (χ1v) is 9.42. The van der Waals surface area contributed by atoms with E-state index in [1.807, 2.05) is 31.2 Å². The Kier molecular flexibility index (Phi) is 5.95. The fourth-order valence-corrected chi connectivity index (χ4v) is 3.19. The Labute approximate surface area is 164 Å². The third-order valence-corrected chi connectivity index (χ3v) is 4.76. The molecule has 0 aliphatic rings. The molecule has 3 N–H and O–H groups in total. The highest BCUT2D eigenvalue weighted by Crippen LogP contribution is 2.16. The maximum atomic E-state index is 12.2. The molecule has 0 fully saturated rings. The fourth-order valence-electron chi connectivity index (χ4n) is 2.42. The Morgan fingerprint density at radius 1 is 1.04 bits per heavy atom. The van der Waals surface area contributed by atoms with Crippen molar-refractivity contribution in [2.75, 3.05) is 16.4 Å². The largest absolute Gasteiger partial charge is 0.442 e. The van der Waals surface area contributed by atoms with Crippen LogP contribution in [0.1, 0.15) is 12.5 Å². The quantitative estimate of drug-likeness (QED) is 0.435. The van der Waals surface area contributed by atoms with E-state index in [-0.39, 0.29) is 22.6 Å². The number of thioether (sulfide) groups is 1. The molecule has 144 valence electrons. The van der Waals surface area contributed by atoms with Crippen molar-refractivity contribution >= 4 is 35.0 Å². The molecule has 3 aromatic rings. The van der Waals surface area contributed by atoms with E-state index in [0.29, 0.717) is 11.4 Å². The SMILES string of the molecule is CC(=O)Nc1ccc(NC(=O)CSc2c(=O)o[nH][n+]2-c2ccc(C)cc2)cc1. The molecular weight excluding hydrogens is 380 g/mol. The number of carbonyl (C=O) groups excluding carboxylic acids is 2. The molecule has 1 heterocycles. The van der Waals surface area contributed by atoms with Gasteiger partial charge in [-0.2, -0.15) is 0 Å². The van der Waals surface area contributed by atoms with Crippen molar-refractivity contribution in [1.29, 1.82) is 0 Å². The average molecular weight is 399 g/mol. The Bertz CT molecular complexity index is 1040. The van der Waals surface area contributed by atoms with E-state index in [1.165, 1.54) is 11.6 Å². The third kappa shape index (κ3) is 4.89. The summed E-state index contributed by atoms with van der Waals surface area (Å²) < 4.78 is 6.37. The maximum absolute atomic E-state index is 12.2. The zero-order valence-electron chi connectivity index (χ0n) is 15.3. The van der Waals surface area contributed by atoms with Gasteiger partial charge in [-0.25, -0.2) is 4.79 Å². The Balaban J connectivity index is 1.63. The van der Waals surface area contributed by atoms with Gasteiger partial charge in [-0.05, 0) is 52.9 Å². The molecule has 28 heavy (non-hydrogen) atoms. The number of H-pyrrole nitrogens is 1. The number of rotatable bonds is 6. The van der Waals surface area contributed by atoms with Crippen LogP contribution in [0.2, 0.25) is 0 Å². The number of aromatic amines is 1. The highest BCUT2D eigenvalue weighted by Gasteiger charge is 2.24. The van der Waals surface area contributed by atoms with Crippen LogP contribution in [0.15, 0.2) is 62.9 Å². The Hall–Kier alpha value is -3.33. The minimum absolute atomic E-state index is 0.0297. The van der Waals surface area contributed by atoms with E-state index in [0.717, 1.165) is 23.0 Å². The lowest BCUT2D eigenvalue weighted by Crippen LogP contribution is -2.36. The fraction of sp³-hybridized carbons (Fsp3) is 0.158. The van der Waals surface area contributed by atoms with Crippen LogP contribution in [0.25, 0.3) is 5.69 Å². The molecule has 0 radical (unpaired) electrons. The molecule has 9 heteroatoms. The van der Waals surface area contributed by atoms with E-state index < -0.39 is 5.63 Å². The molecular formula is C19H19N4O4S+. The normalized spacial score (nSPS) is 10.5. The summed E-state index contributed by atoms with van der Waals surface area (Å²) in [5.74, 6) is -0.407. The van der Waals surface area contributed by atoms with Gasteiger partial charge < -0.3 is 10.6 Å². The number of hydrogen-bond donors (Lipinski definition) is 3. The lowest BCUT2D eigenvalue weighted by atomic mass is 10.2. The van der Waals surface area contributed by atoms with Gasteiger partial charge in [-0.3, -0.25) is 14.1 Å². The summed E-state index contributed by atoms with van der Waals surface area (Å²) in [5.41, 5.74) is 2.51. The van der Waals surface area contributed by atoms with Crippen LogP contribution < -0.4 is 20.9 Å². The van der Waals surface area contributed by atoms with Gasteiger partial charge in [0.2, 0.25) is 17.5 Å². The average Bonchev–Trinajstić information content (AvgIpc) is 3.02. The first-order valence-electron chi connectivity index (χ1n) is 8.43. The summed E-state index contributed by atoms with van der Waals surface area (Å²) in [4.78, 5) is 35.2. The summed E-state index contributed by atoms with van der Waals surface area (Å²) in [6, 6.07) is 14.3. The molecule has 0 atom stereocenters. The van der Waals surface area contributed by atoms with Gasteiger partial charge in [0.05, 0.1) is 5.75 Å². The number of amides is 2. The summed E-state index contributed by atoms with van der Waals surface area (Å²) >= 11 is 1.07. The molecule has 1 aromatic heterocycles. The predicted molar refractivity (Wildman–Crippen MR) is 106 cm³/mol. The number of nitrogens with zero attached hydrogens (tertiary/aromatic N) is 1. The summed E-state index contributed by atoms with van der Waals surface area (Å²) in [5, 5.41) is 8.22. The zero-order valence-corrected chi connectivity index (χ0v) is 16.1. The summed E-state index contributed by atoms with van der Waals surface area (Å²) in [6.45, 7) is 3.39. The van der Waals surface area contributed by atoms with Crippen LogP contribution in [-0.2, 0) is 9.59 Å². The number of aryl methyl sites for hydroxylation is 1. The van der Waals surface area contributed by atoms with Crippen LogP contribution in [0, 0.1) is 6.92 Å². The van der Waals surface area contributed by atoms with Crippen molar-refractivity contribution in [2.24, 2.45) is 0 Å². The Morgan fingerprint density at radius 3 is 2.25 bits per heavy atom. The molecule has 0 aliphatic carbocycles. The minimum atomic E-state index is -0.543. The number of anilines is 2. The standard InChI is InChI=1S/C19H18N4O4S/c1-12-3-9-16(10-4-12)23-18(19(26)27-22-23)28-11-17(25)21-15-7-5-14(6-8-15)20-13(2)24/h3-10,22,26H,11H2,1-2H3/p+1. The number of aromatic nitrogens is 2. The molecule has 0 aliphatic heterocycles. The lowest BCUT2D eigenvalue weighted by Gasteiger charge is -2.06. The first-order chi connectivity index (χ1) is 13.4. The number of carbonyl (C=O) groups is 2. The smallest absolute Gasteiger partial charge is 0.326 e. The van der Waals surface area contributed by atoms with Crippen LogP contribution >= 0.6 is 11.8 Å². The van der Waals surface area contributed by atoms with Gasteiger partial charge >= 0.3 is 10.7 Å². The second kappa shape index (κ2) is 8.57. The van der Waals surface area contributed by atoms with Gasteiger partial charge in [0.25, 0.3) is 0 Å².